The number of amides is 1. The van der Waals surface area contributed by atoms with Crippen molar-refractivity contribution in [1.82, 2.24) is 29.5 Å². The van der Waals surface area contributed by atoms with Crippen molar-refractivity contribution in [3.63, 3.8) is 0 Å². The van der Waals surface area contributed by atoms with Crippen LogP contribution in [0.1, 0.15) is 25.5 Å². The van der Waals surface area contributed by atoms with Crippen LogP contribution in [0.5, 0.6) is 5.75 Å². The number of aromatic hydroxyl groups is 1. The first-order valence-electron chi connectivity index (χ1n) is 10.2. The van der Waals surface area contributed by atoms with E-state index >= 15 is 0 Å². The van der Waals surface area contributed by atoms with E-state index in [9.17, 15) is 15.0 Å². The van der Waals surface area contributed by atoms with Gasteiger partial charge in [0.1, 0.15) is 10.9 Å². The Labute approximate surface area is 192 Å². The molecule has 0 spiro atoms. The molecule has 0 fully saturated rings. The highest BCUT2D eigenvalue weighted by Gasteiger charge is 2.23. The predicted octanol–water partition coefficient (Wildman–Crippen LogP) is 4.87. The van der Waals surface area contributed by atoms with Crippen molar-refractivity contribution in [3.05, 3.63) is 47.2 Å². The minimum absolute atomic E-state index is 0.0132. The van der Waals surface area contributed by atoms with Crippen LogP contribution in [0.25, 0.3) is 38.9 Å². The Morgan fingerprint density at radius 2 is 1.97 bits per heavy atom. The van der Waals surface area contributed by atoms with Crippen LogP contribution < -0.4 is 5.32 Å². The zero-order valence-electron chi connectivity index (χ0n) is 18.0. The maximum atomic E-state index is 11.5. The van der Waals surface area contributed by atoms with Crippen molar-refractivity contribution in [2.75, 3.05) is 5.32 Å². The first kappa shape index (κ1) is 20.8. The van der Waals surface area contributed by atoms with Gasteiger partial charge in [0.15, 0.2) is 5.82 Å². The van der Waals surface area contributed by atoms with E-state index in [4.69, 9.17) is 11.6 Å². The van der Waals surface area contributed by atoms with Crippen LogP contribution in [0.4, 0.5) is 10.7 Å². The number of hydrogen-bond donors (Lipinski definition) is 4. The molecule has 11 heteroatoms. The second-order valence-corrected chi connectivity index (χ2v) is 8.41. The van der Waals surface area contributed by atoms with Crippen molar-refractivity contribution in [3.8, 4) is 22.8 Å². The maximum Gasteiger partial charge on any atom is 0.411 e. The molecule has 3 heterocycles. The van der Waals surface area contributed by atoms with E-state index in [-0.39, 0.29) is 23.4 Å². The molecular formula is C22H20ClN7O3. The number of anilines is 1. The van der Waals surface area contributed by atoms with Crippen molar-refractivity contribution < 1.29 is 15.0 Å². The molecule has 0 radical (unpaired) electrons. The Kier molecular flexibility index (Phi) is 4.75. The zero-order chi connectivity index (χ0) is 23.4. The molecule has 0 aliphatic carbocycles. The number of carbonyl (C=O) groups is 1. The molecule has 4 N–H and O–H groups in total. The van der Waals surface area contributed by atoms with Gasteiger partial charge < -0.3 is 14.8 Å². The number of nitrogens with zero attached hydrogens (tertiary/aromatic N) is 5. The third-order valence-electron chi connectivity index (χ3n) is 5.62. The quantitative estimate of drug-likeness (QED) is 0.299. The summed E-state index contributed by atoms with van der Waals surface area (Å²) >= 11 is 6.35. The van der Waals surface area contributed by atoms with E-state index in [2.05, 4.69) is 25.7 Å². The molecule has 0 aliphatic heterocycles. The van der Waals surface area contributed by atoms with Crippen molar-refractivity contribution >= 4 is 45.4 Å². The van der Waals surface area contributed by atoms with E-state index in [0.717, 1.165) is 22.0 Å². The molecule has 0 atom stereocenters. The van der Waals surface area contributed by atoms with Gasteiger partial charge in [-0.05, 0) is 30.2 Å². The number of benzene rings is 2. The molecule has 10 nitrogen and oxygen atoms in total. The second-order valence-electron chi connectivity index (χ2n) is 8.03. The Morgan fingerprint density at radius 1 is 1.18 bits per heavy atom. The van der Waals surface area contributed by atoms with Gasteiger partial charge in [-0.3, -0.25) is 15.0 Å². The molecule has 3 aromatic heterocycles. The van der Waals surface area contributed by atoms with Gasteiger partial charge in [0, 0.05) is 23.9 Å². The number of aryl methyl sites for hydroxylation is 1. The monoisotopic (exact) mass is 465 g/mol. The van der Waals surface area contributed by atoms with E-state index < -0.39 is 6.09 Å². The fourth-order valence-electron chi connectivity index (χ4n) is 4.06. The third-order valence-corrected chi connectivity index (χ3v) is 5.99. The molecule has 0 saturated carbocycles. The number of carboxylic acid groups (broad SMARTS) is 1. The molecule has 0 bridgehead atoms. The summed E-state index contributed by atoms with van der Waals surface area (Å²) in [7, 11) is 1.84. The second kappa shape index (κ2) is 7.52. The number of phenols is 1. The number of halogens is 1. The molecule has 1 amide bonds. The standard InChI is InChI=1S/C22H20ClN7O3/c1-10(2)19-11-7-13(17(31)9-14(11)25-26-19)20-27-28-21(24-22(32)33)30(20)16-6-4-5-15-12(16)8-18(23)29(15)3/h4-10,31H,1-3H3,(H,24,28)(H,25,26)(H,32,33). The molecule has 168 valence electrons. The number of nitrogens with one attached hydrogen (secondary N) is 2. The minimum Gasteiger partial charge on any atom is -0.507 e. The van der Waals surface area contributed by atoms with E-state index in [1.807, 2.05) is 43.7 Å². The van der Waals surface area contributed by atoms with E-state index in [1.54, 1.807) is 22.8 Å². The summed E-state index contributed by atoms with van der Waals surface area (Å²) < 4.78 is 3.38. The Bertz CT molecular complexity index is 1550. The largest absolute Gasteiger partial charge is 0.507 e. The number of phenolic OH excluding ortho intramolecular Hbond substituents is 1. The van der Waals surface area contributed by atoms with Crippen LogP contribution in [0.3, 0.4) is 0 Å². The zero-order valence-corrected chi connectivity index (χ0v) is 18.7. The summed E-state index contributed by atoms with van der Waals surface area (Å²) in [5, 5.41) is 40.2. The van der Waals surface area contributed by atoms with Crippen molar-refractivity contribution in [1.29, 1.82) is 0 Å². The van der Waals surface area contributed by atoms with Gasteiger partial charge in [0.25, 0.3) is 0 Å². The average molecular weight is 466 g/mol. The number of fused-ring (bicyclic) bond motifs is 2. The summed E-state index contributed by atoms with van der Waals surface area (Å²) in [4.78, 5) is 11.5. The summed E-state index contributed by atoms with van der Waals surface area (Å²) in [5.41, 5.74) is 3.37. The molecular weight excluding hydrogens is 446 g/mol. The Balaban J connectivity index is 1.82. The van der Waals surface area contributed by atoms with E-state index in [1.165, 1.54) is 0 Å². The van der Waals surface area contributed by atoms with Gasteiger partial charge in [0.05, 0.1) is 28.0 Å². The van der Waals surface area contributed by atoms with E-state index in [0.29, 0.717) is 21.9 Å². The fraction of sp³-hybridized carbons (Fsp3) is 0.182. The lowest BCUT2D eigenvalue weighted by Crippen LogP contribution is -2.13. The SMILES string of the molecule is CC(C)c1n[nH]c2cc(O)c(-c3nnc(NC(=O)O)n3-c3cccc4c3cc(Cl)n4C)cc12. The molecule has 5 rings (SSSR count). The van der Waals surface area contributed by atoms with Crippen LogP contribution in [0, 0.1) is 0 Å². The topological polar surface area (TPSA) is 134 Å². The van der Waals surface area contributed by atoms with Crippen LogP contribution in [0.2, 0.25) is 5.15 Å². The number of rotatable bonds is 4. The summed E-state index contributed by atoms with van der Waals surface area (Å²) in [6.45, 7) is 4.05. The molecule has 0 unspecified atom stereocenters. The van der Waals surface area contributed by atoms with Crippen LogP contribution >= 0.6 is 11.6 Å². The lowest BCUT2D eigenvalue weighted by Gasteiger charge is -2.13. The first-order valence-corrected chi connectivity index (χ1v) is 10.5. The van der Waals surface area contributed by atoms with Crippen LogP contribution in [-0.4, -0.2) is 45.8 Å². The van der Waals surface area contributed by atoms with Gasteiger partial charge in [-0.15, -0.1) is 10.2 Å². The van der Waals surface area contributed by atoms with Gasteiger partial charge in [0.2, 0.25) is 5.95 Å². The molecule has 0 saturated heterocycles. The van der Waals surface area contributed by atoms with Crippen LogP contribution in [-0.2, 0) is 7.05 Å². The van der Waals surface area contributed by atoms with Gasteiger partial charge in [-0.25, -0.2) is 4.79 Å². The molecule has 5 aromatic rings. The van der Waals surface area contributed by atoms with Gasteiger partial charge in [-0.2, -0.15) is 5.10 Å². The Morgan fingerprint density at radius 3 is 2.70 bits per heavy atom. The highest BCUT2D eigenvalue weighted by molar-refractivity contribution is 6.31. The smallest absolute Gasteiger partial charge is 0.411 e. The summed E-state index contributed by atoms with van der Waals surface area (Å²) in [6.07, 6.45) is -1.29. The highest BCUT2D eigenvalue weighted by atomic mass is 35.5. The first-order chi connectivity index (χ1) is 15.8. The number of hydrogen-bond acceptors (Lipinski definition) is 5. The minimum atomic E-state index is -1.29. The summed E-state index contributed by atoms with van der Waals surface area (Å²) in [5.74, 6) is 0.357. The molecule has 0 aliphatic rings. The Hall–Kier alpha value is -4.05. The lowest BCUT2D eigenvalue weighted by molar-refractivity contribution is 0.209. The predicted molar refractivity (Wildman–Crippen MR) is 125 cm³/mol. The maximum absolute atomic E-state index is 11.5. The fourth-order valence-corrected chi connectivity index (χ4v) is 4.26. The average Bonchev–Trinajstić information content (AvgIpc) is 3.43. The molecule has 2 aromatic carbocycles. The summed E-state index contributed by atoms with van der Waals surface area (Å²) in [6, 6.07) is 10.7. The van der Waals surface area contributed by atoms with Gasteiger partial charge >= 0.3 is 6.09 Å². The molecule has 33 heavy (non-hydrogen) atoms. The van der Waals surface area contributed by atoms with Crippen LogP contribution in [0.15, 0.2) is 36.4 Å². The number of H-pyrrole nitrogens is 1. The normalized spacial score (nSPS) is 11.7. The number of aromatic nitrogens is 6. The third kappa shape index (κ3) is 3.26. The van der Waals surface area contributed by atoms with Crippen molar-refractivity contribution in [2.24, 2.45) is 7.05 Å². The van der Waals surface area contributed by atoms with Gasteiger partial charge in [-0.1, -0.05) is 31.5 Å². The van der Waals surface area contributed by atoms with Crippen molar-refractivity contribution in [2.45, 2.75) is 19.8 Å². The highest BCUT2D eigenvalue weighted by Crippen LogP contribution is 2.38. The number of aromatic amines is 1. The lowest BCUT2D eigenvalue weighted by atomic mass is 10.0.